The molecule has 1 aromatic heterocycles. The molecule has 3 rings (SSSR count). The minimum absolute atomic E-state index is 0.0921. The number of hydrogen-bond donors (Lipinski definition) is 1. The molecule has 1 N–H and O–H groups in total. The fourth-order valence-corrected chi connectivity index (χ4v) is 3.32. The van der Waals surface area contributed by atoms with Crippen molar-refractivity contribution in [3.63, 3.8) is 0 Å². The lowest BCUT2D eigenvalue weighted by Gasteiger charge is -2.10. The number of ether oxygens (including phenoxy) is 1. The number of phenols is 1. The molecule has 0 saturated heterocycles. The summed E-state index contributed by atoms with van der Waals surface area (Å²) in [7, 11) is 0. The highest BCUT2D eigenvalue weighted by Crippen LogP contribution is 2.36. The van der Waals surface area contributed by atoms with Crippen LogP contribution in [-0.4, -0.2) is 22.2 Å². The maximum absolute atomic E-state index is 12.5. The van der Waals surface area contributed by atoms with Gasteiger partial charge in [-0.15, -0.1) is 0 Å². The van der Waals surface area contributed by atoms with Crippen molar-refractivity contribution in [1.82, 2.24) is 4.57 Å². The summed E-state index contributed by atoms with van der Waals surface area (Å²) >= 11 is 3.36. The molecule has 5 heteroatoms. The molecule has 0 aliphatic heterocycles. The van der Waals surface area contributed by atoms with Crippen LogP contribution in [0.4, 0.5) is 0 Å². The van der Waals surface area contributed by atoms with E-state index in [0.29, 0.717) is 22.0 Å². The molecule has 0 bridgehead atoms. The van der Waals surface area contributed by atoms with Crippen LogP contribution in [0.2, 0.25) is 0 Å². The van der Waals surface area contributed by atoms with Gasteiger partial charge in [0.2, 0.25) is 0 Å². The number of carbonyl (C=O) groups excluding carboxylic acids is 1. The van der Waals surface area contributed by atoms with E-state index in [4.69, 9.17) is 4.74 Å². The van der Waals surface area contributed by atoms with Crippen LogP contribution < -0.4 is 0 Å². The Bertz CT molecular complexity index is 943. The highest BCUT2D eigenvalue weighted by molar-refractivity contribution is 9.10. The Hall–Kier alpha value is -2.27. The van der Waals surface area contributed by atoms with Gasteiger partial charge >= 0.3 is 5.97 Å². The quantitative estimate of drug-likeness (QED) is 0.650. The minimum atomic E-state index is -0.381. The van der Waals surface area contributed by atoms with E-state index < -0.39 is 0 Å². The summed E-state index contributed by atoms with van der Waals surface area (Å²) in [5.41, 5.74) is 4.20. The van der Waals surface area contributed by atoms with Crippen molar-refractivity contribution in [3.8, 4) is 11.4 Å². The van der Waals surface area contributed by atoms with Gasteiger partial charge in [0.1, 0.15) is 5.75 Å². The lowest BCUT2D eigenvalue weighted by atomic mass is 10.1. The van der Waals surface area contributed by atoms with Gasteiger partial charge in [-0.05, 0) is 66.5 Å². The third kappa shape index (κ3) is 2.69. The van der Waals surface area contributed by atoms with Crippen LogP contribution in [0.1, 0.15) is 28.5 Å². The summed E-state index contributed by atoms with van der Waals surface area (Å²) in [6.07, 6.45) is 0. The Morgan fingerprint density at radius 1 is 1.25 bits per heavy atom. The highest BCUT2D eigenvalue weighted by Gasteiger charge is 2.23. The van der Waals surface area contributed by atoms with Gasteiger partial charge in [0, 0.05) is 16.8 Å². The maximum Gasteiger partial charge on any atom is 0.340 e. The van der Waals surface area contributed by atoms with E-state index in [2.05, 4.69) is 22.0 Å². The summed E-state index contributed by atoms with van der Waals surface area (Å²) < 4.78 is 7.81. The van der Waals surface area contributed by atoms with Gasteiger partial charge in [-0.25, -0.2) is 4.79 Å². The van der Waals surface area contributed by atoms with Crippen molar-refractivity contribution in [2.75, 3.05) is 6.61 Å². The number of hydrogen-bond acceptors (Lipinski definition) is 3. The zero-order valence-corrected chi connectivity index (χ0v) is 15.3. The maximum atomic E-state index is 12.5. The topological polar surface area (TPSA) is 51.5 Å². The number of fused-ring (bicyclic) bond motifs is 1. The molecule has 3 aromatic rings. The van der Waals surface area contributed by atoms with E-state index in [1.54, 1.807) is 13.0 Å². The number of esters is 1. The number of halogens is 1. The van der Waals surface area contributed by atoms with E-state index >= 15 is 0 Å². The zero-order chi connectivity index (χ0) is 17.4. The second kappa shape index (κ2) is 6.32. The van der Waals surface area contributed by atoms with E-state index in [1.807, 2.05) is 42.7 Å². The summed E-state index contributed by atoms with van der Waals surface area (Å²) in [5.74, 6) is -0.289. The molecule has 0 unspecified atom stereocenters. The Labute approximate surface area is 148 Å². The molecular formula is C19H18BrNO3. The lowest BCUT2D eigenvalue weighted by Crippen LogP contribution is -2.07. The average molecular weight is 388 g/mol. The number of benzene rings is 2. The van der Waals surface area contributed by atoms with E-state index in [9.17, 15) is 9.90 Å². The van der Waals surface area contributed by atoms with Crippen molar-refractivity contribution < 1.29 is 14.6 Å². The first-order chi connectivity index (χ1) is 11.4. The first kappa shape index (κ1) is 16.6. The smallest absolute Gasteiger partial charge is 0.340 e. The Kier molecular flexibility index (Phi) is 4.37. The first-order valence-electron chi connectivity index (χ1n) is 7.71. The van der Waals surface area contributed by atoms with Gasteiger partial charge in [-0.1, -0.05) is 12.1 Å². The van der Waals surface area contributed by atoms with Crippen molar-refractivity contribution in [2.45, 2.75) is 20.8 Å². The highest BCUT2D eigenvalue weighted by atomic mass is 79.9. The normalized spacial score (nSPS) is 11.0. The van der Waals surface area contributed by atoms with Crippen LogP contribution in [0.3, 0.4) is 0 Å². The summed E-state index contributed by atoms with van der Waals surface area (Å²) in [6.45, 7) is 6.00. The second-order valence-electron chi connectivity index (χ2n) is 5.68. The minimum Gasteiger partial charge on any atom is -0.507 e. The van der Waals surface area contributed by atoms with Gasteiger partial charge in [-0.3, -0.25) is 0 Å². The Morgan fingerprint density at radius 3 is 2.67 bits per heavy atom. The standard InChI is InChI=1S/C19H18BrNO3/c1-4-24-19(23)18-12(3)21(13-7-5-6-11(2)8-13)16-10-15(20)17(22)9-14(16)18/h5-10,22H,4H2,1-3H3. The number of aromatic hydroxyl groups is 1. The number of aryl methyl sites for hydroxylation is 1. The zero-order valence-electron chi connectivity index (χ0n) is 13.8. The van der Waals surface area contributed by atoms with Gasteiger partial charge < -0.3 is 14.4 Å². The monoisotopic (exact) mass is 387 g/mol. The van der Waals surface area contributed by atoms with Gasteiger partial charge in [0.05, 0.1) is 22.2 Å². The number of carbonyl (C=O) groups is 1. The van der Waals surface area contributed by atoms with Crippen LogP contribution in [0.5, 0.6) is 5.75 Å². The molecule has 0 aliphatic carbocycles. The molecule has 4 nitrogen and oxygen atoms in total. The largest absolute Gasteiger partial charge is 0.507 e. The predicted molar refractivity (Wildman–Crippen MR) is 98.1 cm³/mol. The molecule has 2 aromatic carbocycles. The molecule has 0 aliphatic rings. The molecule has 0 atom stereocenters. The fraction of sp³-hybridized carbons (Fsp3) is 0.211. The van der Waals surface area contributed by atoms with Crippen molar-refractivity contribution >= 4 is 32.8 Å². The molecule has 124 valence electrons. The van der Waals surface area contributed by atoms with E-state index in [-0.39, 0.29) is 11.7 Å². The van der Waals surface area contributed by atoms with Crippen molar-refractivity contribution in [2.24, 2.45) is 0 Å². The molecule has 0 fully saturated rings. The van der Waals surface area contributed by atoms with Gasteiger partial charge in [0.15, 0.2) is 0 Å². The van der Waals surface area contributed by atoms with E-state index in [1.165, 1.54) is 0 Å². The van der Waals surface area contributed by atoms with Gasteiger partial charge in [-0.2, -0.15) is 0 Å². The molecule has 0 saturated carbocycles. The van der Waals surface area contributed by atoms with E-state index in [0.717, 1.165) is 22.5 Å². The molecular weight excluding hydrogens is 370 g/mol. The third-order valence-electron chi connectivity index (χ3n) is 4.01. The lowest BCUT2D eigenvalue weighted by molar-refractivity contribution is 0.0527. The molecule has 24 heavy (non-hydrogen) atoms. The number of nitrogens with zero attached hydrogens (tertiary/aromatic N) is 1. The number of rotatable bonds is 3. The fourth-order valence-electron chi connectivity index (χ4n) is 2.98. The summed E-state index contributed by atoms with van der Waals surface area (Å²) in [5, 5.41) is 10.7. The van der Waals surface area contributed by atoms with Crippen LogP contribution in [0.15, 0.2) is 40.9 Å². The second-order valence-corrected chi connectivity index (χ2v) is 6.53. The number of phenolic OH excluding ortho intramolecular Hbond substituents is 1. The summed E-state index contributed by atoms with van der Waals surface area (Å²) in [6, 6.07) is 11.5. The van der Waals surface area contributed by atoms with Crippen LogP contribution in [0.25, 0.3) is 16.6 Å². The SMILES string of the molecule is CCOC(=O)c1c(C)n(-c2cccc(C)c2)c2cc(Br)c(O)cc12. The van der Waals surface area contributed by atoms with Crippen molar-refractivity contribution in [3.05, 3.63) is 57.7 Å². The molecule has 0 spiro atoms. The predicted octanol–water partition coefficient (Wildman–Crippen LogP) is 4.89. The van der Waals surface area contributed by atoms with Crippen LogP contribution in [-0.2, 0) is 4.74 Å². The third-order valence-corrected chi connectivity index (χ3v) is 4.65. The average Bonchev–Trinajstić information content (AvgIpc) is 2.79. The molecule has 1 heterocycles. The van der Waals surface area contributed by atoms with Crippen molar-refractivity contribution in [1.29, 1.82) is 0 Å². The Morgan fingerprint density at radius 2 is 2.00 bits per heavy atom. The first-order valence-corrected chi connectivity index (χ1v) is 8.51. The van der Waals surface area contributed by atoms with Gasteiger partial charge in [0.25, 0.3) is 0 Å². The van der Waals surface area contributed by atoms with Crippen LogP contribution in [0, 0.1) is 13.8 Å². The number of aromatic nitrogens is 1. The summed E-state index contributed by atoms with van der Waals surface area (Å²) in [4.78, 5) is 12.5. The van der Waals surface area contributed by atoms with Crippen LogP contribution >= 0.6 is 15.9 Å². The molecule has 0 radical (unpaired) electrons. The molecule has 0 amide bonds. The Balaban J connectivity index is 2.39.